The van der Waals surface area contributed by atoms with Crippen LogP contribution in [0.15, 0.2) is 62.6 Å². The summed E-state index contributed by atoms with van der Waals surface area (Å²) in [6, 6.07) is 11.6. The number of nitrogens with one attached hydrogen (secondary N) is 1. The number of thioether (sulfide) groups is 1. The van der Waals surface area contributed by atoms with E-state index in [-0.39, 0.29) is 11.4 Å². The number of nitrogens with zero attached hydrogens (tertiary/aromatic N) is 3. The van der Waals surface area contributed by atoms with Crippen LogP contribution in [0, 0.1) is 5.41 Å². The van der Waals surface area contributed by atoms with Crippen LogP contribution in [0.2, 0.25) is 0 Å². The van der Waals surface area contributed by atoms with E-state index in [0.29, 0.717) is 32.3 Å². The van der Waals surface area contributed by atoms with Crippen molar-refractivity contribution in [2.75, 3.05) is 7.11 Å². The van der Waals surface area contributed by atoms with Crippen molar-refractivity contribution in [2.45, 2.75) is 0 Å². The zero-order chi connectivity index (χ0) is 21.3. The monoisotopic (exact) mass is 484 g/mol. The summed E-state index contributed by atoms with van der Waals surface area (Å²) in [5.41, 5.74) is 2.62. The zero-order valence-corrected chi connectivity index (χ0v) is 17.9. The lowest BCUT2D eigenvalue weighted by atomic mass is 10.1. The number of carbonyl (C=O) groups is 2. The molecule has 0 radical (unpaired) electrons. The standard InChI is InChI=1S/C20H13BrN4O4S/c1-28-13-4-2-3-12(9-13)19(27)29-16-6-5-11(8-15(16)21)7-14-17(22)25-20(24-18(14)26)30-10-23-25/h2-10,22H,1H3. The Labute approximate surface area is 183 Å². The molecule has 0 fully saturated rings. The van der Waals surface area contributed by atoms with E-state index in [4.69, 9.17) is 14.9 Å². The van der Waals surface area contributed by atoms with Gasteiger partial charge in [0.2, 0.25) is 0 Å². The van der Waals surface area contributed by atoms with E-state index in [0.717, 1.165) is 0 Å². The predicted octanol–water partition coefficient (Wildman–Crippen LogP) is 3.93. The second-order valence-corrected chi connectivity index (χ2v) is 7.73. The van der Waals surface area contributed by atoms with Gasteiger partial charge in [-0.15, -0.1) is 0 Å². The number of ether oxygens (including phenoxy) is 2. The number of aliphatic imine (C=N–C) groups is 1. The fourth-order valence-electron chi connectivity index (χ4n) is 2.70. The van der Waals surface area contributed by atoms with Gasteiger partial charge in [0.05, 0.1) is 28.3 Å². The number of benzene rings is 2. The van der Waals surface area contributed by atoms with E-state index < -0.39 is 11.9 Å². The number of amidine groups is 2. The Morgan fingerprint density at radius 1 is 1.27 bits per heavy atom. The molecule has 1 N–H and O–H groups in total. The number of hydrogen-bond acceptors (Lipinski definition) is 7. The molecule has 0 spiro atoms. The van der Waals surface area contributed by atoms with Crippen molar-refractivity contribution in [3.63, 3.8) is 0 Å². The first-order chi connectivity index (χ1) is 14.5. The molecule has 2 heterocycles. The molecule has 30 heavy (non-hydrogen) atoms. The number of amides is 1. The molecule has 2 aliphatic heterocycles. The first kappa shape index (κ1) is 20.0. The summed E-state index contributed by atoms with van der Waals surface area (Å²) in [5.74, 6) is -0.214. The highest BCUT2D eigenvalue weighted by atomic mass is 79.9. The van der Waals surface area contributed by atoms with E-state index in [9.17, 15) is 9.59 Å². The van der Waals surface area contributed by atoms with Crippen LogP contribution in [-0.4, -0.2) is 40.5 Å². The van der Waals surface area contributed by atoms with Crippen LogP contribution in [0.25, 0.3) is 6.08 Å². The van der Waals surface area contributed by atoms with Crippen molar-refractivity contribution in [3.05, 3.63) is 63.6 Å². The predicted molar refractivity (Wildman–Crippen MR) is 118 cm³/mol. The Bertz CT molecular complexity index is 1180. The first-order valence-electron chi connectivity index (χ1n) is 8.55. The third-order valence-electron chi connectivity index (χ3n) is 4.17. The lowest BCUT2D eigenvalue weighted by molar-refractivity contribution is -0.114. The molecular formula is C20H13BrN4O4S. The smallest absolute Gasteiger partial charge is 0.343 e. The number of hydrazone groups is 1. The molecule has 150 valence electrons. The summed E-state index contributed by atoms with van der Waals surface area (Å²) >= 11 is 4.57. The van der Waals surface area contributed by atoms with Gasteiger partial charge in [-0.2, -0.15) is 15.1 Å². The summed E-state index contributed by atoms with van der Waals surface area (Å²) in [4.78, 5) is 28.6. The molecule has 0 bridgehead atoms. The highest BCUT2D eigenvalue weighted by Crippen LogP contribution is 2.30. The average molecular weight is 485 g/mol. The molecule has 0 atom stereocenters. The van der Waals surface area contributed by atoms with Gasteiger partial charge in [0.1, 0.15) is 11.5 Å². The molecule has 0 saturated heterocycles. The van der Waals surface area contributed by atoms with Crippen LogP contribution >= 0.6 is 27.7 Å². The van der Waals surface area contributed by atoms with E-state index in [1.54, 1.807) is 48.5 Å². The molecule has 8 nitrogen and oxygen atoms in total. The molecule has 0 saturated carbocycles. The summed E-state index contributed by atoms with van der Waals surface area (Å²) in [5, 5.41) is 13.9. The van der Waals surface area contributed by atoms with Crippen LogP contribution < -0.4 is 9.47 Å². The number of carbonyl (C=O) groups excluding carboxylic acids is 2. The Balaban J connectivity index is 1.55. The van der Waals surface area contributed by atoms with Crippen LogP contribution in [-0.2, 0) is 4.79 Å². The normalized spacial score (nSPS) is 16.5. The second-order valence-electron chi connectivity index (χ2n) is 6.07. The zero-order valence-electron chi connectivity index (χ0n) is 15.5. The van der Waals surface area contributed by atoms with E-state index >= 15 is 0 Å². The van der Waals surface area contributed by atoms with Crippen molar-refractivity contribution < 1.29 is 19.1 Å². The molecule has 0 aliphatic carbocycles. The fourth-order valence-corrected chi connectivity index (χ4v) is 3.79. The molecule has 10 heteroatoms. The largest absolute Gasteiger partial charge is 0.497 e. The van der Waals surface area contributed by atoms with Crippen LogP contribution in [0.3, 0.4) is 0 Å². The van der Waals surface area contributed by atoms with Gasteiger partial charge in [0, 0.05) is 0 Å². The van der Waals surface area contributed by atoms with Crippen molar-refractivity contribution in [1.82, 2.24) is 5.01 Å². The molecule has 2 aromatic rings. The van der Waals surface area contributed by atoms with Gasteiger partial charge in [-0.05, 0) is 69.7 Å². The number of rotatable bonds is 4. The number of fused-ring (bicyclic) bond motifs is 1. The van der Waals surface area contributed by atoms with Gasteiger partial charge in [-0.25, -0.2) is 4.79 Å². The van der Waals surface area contributed by atoms with Crippen LogP contribution in [0.4, 0.5) is 0 Å². The van der Waals surface area contributed by atoms with E-state index in [1.165, 1.54) is 29.4 Å². The Kier molecular flexibility index (Phi) is 5.51. The van der Waals surface area contributed by atoms with Gasteiger partial charge >= 0.3 is 5.97 Å². The van der Waals surface area contributed by atoms with Gasteiger partial charge in [-0.1, -0.05) is 12.1 Å². The van der Waals surface area contributed by atoms with Crippen LogP contribution in [0.5, 0.6) is 11.5 Å². The molecule has 2 aliphatic rings. The highest BCUT2D eigenvalue weighted by molar-refractivity contribution is 9.10. The average Bonchev–Trinajstić information content (AvgIpc) is 3.21. The SMILES string of the molecule is COc1cccc(C(=O)Oc2ccc(C=C3C(=N)N4N=CSC4=NC3=O)cc2Br)c1. The molecular weight excluding hydrogens is 472 g/mol. The van der Waals surface area contributed by atoms with Crippen molar-refractivity contribution in [3.8, 4) is 11.5 Å². The minimum atomic E-state index is -0.531. The maximum Gasteiger partial charge on any atom is 0.343 e. The third kappa shape index (κ3) is 3.91. The molecule has 0 aromatic heterocycles. The van der Waals surface area contributed by atoms with Crippen LogP contribution in [0.1, 0.15) is 15.9 Å². The Hall–Kier alpha value is -3.24. The van der Waals surface area contributed by atoms with Crippen molar-refractivity contribution in [1.29, 1.82) is 5.41 Å². The lowest BCUT2D eigenvalue weighted by Gasteiger charge is -2.20. The number of esters is 1. The van der Waals surface area contributed by atoms with Gasteiger partial charge in [0.25, 0.3) is 5.91 Å². The lowest BCUT2D eigenvalue weighted by Crippen LogP contribution is -2.35. The maximum atomic E-state index is 12.4. The van der Waals surface area contributed by atoms with Gasteiger partial charge in [-0.3, -0.25) is 10.2 Å². The minimum absolute atomic E-state index is 0.0455. The maximum absolute atomic E-state index is 12.4. The number of methoxy groups -OCH3 is 1. The number of halogens is 1. The summed E-state index contributed by atoms with van der Waals surface area (Å²) < 4.78 is 11.1. The van der Waals surface area contributed by atoms with Gasteiger partial charge in [0.15, 0.2) is 11.0 Å². The van der Waals surface area contributed by atoms with Gasteiger partial charge < -0.3 is 9.47 Å². The minimum Gasteiger partial charge on any atom is -0.497 e. The Morgan fingerprint density at radius 3 is 2.87 bits per heavy atom. The fraction of sp³-hybridized carbons (Fsp3) is 0.0500. The summed E-state index contributed by atoms with van der Waals surface area (Å²) in [6.07, 6.45) is 1.54. The van der Waals surface area contributed by atoms with E-state index in [2.05, 4.69) is 26.0 Å². The third-order valence-corrected chi connectivity index (χ3v) is 5.47. The topological polar surface area (TPSA) is 104 Å². The highest BCUT2D eigenvalue weighted by Gasteiger charge is 2.32. The number of hydrogen-bond donors (Lipinski definition) is 1. The summed E-state index contributed by atoms with van der Waals surface area (Å²) in [7, 11) is 1.52. The van der Waals surface area contributed by atoms with E-state index in [1.807, 2.05) is 0 Å². The first-order valence-corrected chi connectivity index (χ1v) is 10.2. The second kappa shape index (κ2) is 8.25. The molecule has 4 rings (SSSR count). The quantitative estimate of drug-likeness (QED) is 0.400. The van der Waals surface area contributed by atoms with Crippen molar-refractivity contribution in [2.24, 2.45) is 10.1 Å². The summed E-state index contributed by atoms with van der Waals surface area (Å²) in [6.45, 7) is 0. The molecule has 1 amide bonds. The Morgan fingerprint density at radius 2 is 2.10 bits per heavy atom. The molecule has 2 aromatic carbocycles. The van der Waals surface area contributed by atoms with Crippen molar-refractivity contribution >= 4 is 62.2 Å². The molecule has 0 unspecified atom stereocenters.